The second-order valence-electron chi connectivity index (χ2n) is 4.63. The van der Waals surface area contributed by atoms with Crippen LogP contribution in [0.15, 0.2) is 42.7 Å². The van der Waals surface area contributed by atoms with Crippen molar-refractivity contribution in [1.82, 2.24) is 0 Å². The Kier molecular flexibility index (Phi) is 6.55. The molecule has 0 saturated heterocycles. The van der Waals surface area contributed by atoms with Crippen LogP contribution in [0.5, 0.6) is 0 Å². The molecule has 1 aromatic carbocycles. The predicted molar refractivity (Wildman–Crippen MR) is 76.7 cm³/mol. The highest BCUT2D eigenvalue weighted by molar-refractivity contribution is 5.53. The van der Waals surface area contributed by atoms with Gasteiger partial charge in [-0.1, -0.05) is 0 Å². The number of aliphatic hydroxyl groups is 1. The third kappa shape index (κ3) is 4.44. The second kappa shape index (κ2) is 8.16. The van der Waals surface area contributed by atoms with E-state index in [4.69, 9.17) is 5.11 Å². The van der Waals surface area contributed by atoms with Crippen LogP contribution in [-0.4, -0.2) is 21.6 Å². The summed E-state index contributed by atoms with van der Waals surface area (Å²) in [7, 11) is 0. The number of aromatic nitrogens is 1. The minimum Gasteiger partial charge on any atom is -1.00 e. The number of pyridine rings is 1. The Morgan fingerprint density at radius 1 is 1.13 bits per heavy atom. The van der Waals surface area contributed by atoms with Crippen LogP contribution < -0.4 is 17.0 Å². The van der Waals surface area contributed by atoms with Crippen LogP contribution in [0.4, 0.5) is 11.4 Å². The smallest absolute Gasteiger partial charge is 0.347 e. The summed E-state index contributed by atoms with van der Waals surface area (Å²) in [5.74, 6) is 0. The molecule has 0 atom stereocenters. The van der Waals surface area contributed by atoms with Gasteiger partial charge in [0.05, 0.1) is 9.85 Å². The number of aryl methyl sites for hydroxylation is 1. The number of halogens is 1. The van der Waals surface area contributed by atoms with Gasteiger partial charge in [0.2, 0.25) is 0 Å². The molecule has 2 aromatic rings. The summed E-state index contributed by atoms with van der Waals surface area (Å²) in [4.78, 5) is 20.6. The maximum Gasteiger partial charge on any atom is 0.347 e. The SMILES string of the molecule is O=[N+]([O-])c1ccc(-[n+]2cccc(CCCO)c2)c([N+](=O)[O-])c1.[Cl-]. The molecule has 0 spiro atoms. The van der Waals surface area contributed by atoms with Crippen molar-refractivity contribution in [2.75, 3.05) is 6.61 Å². The lowest BCUT2D eigenvalue weighted by Crippen LogP contribution is -3.00. The lowest BCUT2D eigenvalue weighted by Gasteiger charge is -2.01. The molecule has 1 N–H and O–H groups in total. The minimum absolute atomic E-state index is 0. The fourth-order valence-corrected chi connectivity index (χ4v) is 2.09. The van der Waals surface area contributed by atoms with Gasteiger partial charge in [-0.3, -0.25) is 20.2 Å². The zero-order valence-electron chi connectivity index (χ0n) is 12.0. The molecule has 0 aliphatic rings. The van der Waals surface area contributed by atoms with Gasteiger partial charge in [0.15, 0.2) is 12.4 Å². The molecule has 0 bridgehead atoms. The highest BCUT2D eigenvalue weighted by Gasteiger charge is 2.26. The first-order chi connectivity index (χ1) is 10.5. The quantitative estimate of drug-likeness (QED) is 0.400. The molecule has 2 rings (SSSR count). The van der Waals surface area contributed by atoms with Crippen molar-refractivity contribution >= 4 is 11.4 Å². The lowest BCUT2D eigenvalue weighted by molar-refractivity contribution is -0.601. The zero-order valence-corrected chi connectivity index (χ0v) is 12.7. The van der Waals surface area contributed by atoms with Crippen molar-refractivity contribution < 1.29 is 31.9 Å². The number of hydrogen-bond acceptors (Lipinski definition) is 5. The fourth-order valence-electron chi connectivity index (χ4n) is 2.09. The Morgan fingerprint density at radius 3 is 2.48 bits per heavy atom. The Hall–Kier alpha value is -2.58. The molecule has 9 heteroatoms. The number of nitrogens with zero attached hydrogens (tertiary/aromatic N) is 3. The molecule has 0 aliphatic heterocycles. The molecule has 0 saturated carbocycles. The van der Waals surface area contributed by atoms with Crippen LogP contribution in [0.1, 0.15) is 12.0 Å². The van der Waals surface area contributed by atoms with Crippen LogP contribution in [-0.2, 0) is 6.42 Å². The van der Waals surface area contributed by atoms with Crippen LogP contribution in [0.3, 0.4) is 0 Å². The summed E-state index contributed by atoms with van der Waals surface area (Å²) in [5, 5.41) is 30.8. The standard InChI is InChI=1S/C14H14N3O5.ClH/c18-8-2-4-11-3-1-7-15(10-11)13-6-5-12(16(19)20)9-14(13)17(21)22;/h1,3,5-7,9-10,18H,2,4,8H2;1H/q+1;/p-1. The molecule has 0 unspecified atom stereocenters. The first-order valence-electron chi connectivity index (χ1n) is 6.57. The lowest BCUT2D eigenvalue weighted by atomic mass is 10.1. The molecule has 8 nitrogen and oxygen atoms in total. The number of benzene rings is 1. The van der Waals surface area contributed by atoms with Gasteiger partial charge in [-0.15, -0.1) is 0 Å². The van der Waals surface area contributed by atoms with Gasteiger partial charge in [-0.2, -0.15) is 4.57 Å². The van der Waals surface area contributed by atoms with E-state index in [-0.39, 0.29) is 36.1 Å². The zero-order chi connectivity index (χ0) is 16.1. The summed E-state index contributed by atoms with van der Waals surface area (Å²) in [6, 6.07) is 7.12. The Morgan fingerprint density at radius 2 is 1.87 bits per heavy atom. The van der Waals surface area contributed by atoms with Gasteiger partial charge in [0, 0.05) is 30.4 Å². The normalized spacial score (nSPS) is 9.96. The Bertz CT molecular complexity index is 723. The highest BCUT2D eigenvalue weighted by atomic mass is 35.5. The molecule has 1 heterocycles. The van der Waals surface area contributed by atoms with Crippen molar-refractivity contribution in [2.24, 2.45) is 0 Å². The van der Waals surface area contributed by atoms with Crippen molar-refractivity contribution in [3.05, 3.63) is 68.5 Å². The summed E-state index contributed by atoms with van der Waals surface area (Å²) >= 11 is 0. The van der Waals surface area contributed by atoms with E-state index in [1.165, 1.54) is 12.1 Å². The summed E-state index contributed by atoms with van der Waals surface area (Å²) in [6.07, 6.45) is 4.57. The first-order valence-corrected chi connectivity index (χ1v) is 6.57. The molecule has 122 valence electrons. The van der Waals surface area contributed by atoms with Crippen molar-refractivity contribution in [2.45, 2.75) is 12.8 Å². The van der Waals surface area contributed by atoms with E-state index >= 15 is 0 Å². The maximum absolute atomic E-state index is 11.2. The topological polar surface area (TPSA) is 110 Å². The van der Waals surface area contributed by atoms with Gasteiger partial charge in [-0.25, -0.2) is 0 Å². The van der Waals surface area contributed by atoms with Crippen LogP contribution >= 0.6 is 0 Å². The molecule has 0 amide bonds. The monoisotopic (exact) mass is 339 g/mol. The van der Waals surface area contributed by atoms with Crippen LogP contribution in [0, 0.1) is 20.2 Å². The number of rotatable bonds is 6. The molecular weight excluding hydrogens is 326 g/mol. The predicted octanol–water partition coefficient (Wildman–Crippen LogP) is -1.29. The van der Waals surface area contributed by atoms with Gasteiger partial charge in [0.25, 0.3) is 11.4 Å². The number of non-ortho nitro benzene ring substituents is 1. The van der Waals surface area contributed by atoms with E-state index in [2.05, 4.69) is 0 Å². The van der Waals surface area contributed by atoms with E-state index in [1.807, 2.05) is 6.07 Å². The molecule has 0 aliphatic carbocycles. The Labute approximate surface area is 137 Å². The average molecular weight is 340 g/mol. The second-order valence-corrected chi connectivity index (χ2v) is 4.63. The summed E-state index contributed by atoms with van der Waals surface area (Å²) < 4.78 is 1.55. The fraction of sp³-hybridized carbons (Fsp3) is 0.214. The third-order valence-corrected chi connectivity index (χ3v) is 3.13. The van der Waals surface area contributed by atoms with Crippen LogP contribution in [0.2, 0.25) is 0 Å². The van der Waals surface area contributed by atoms with Gasteiger partial charge < -0.3 is 17.5 Å². The molecule has 0 fully saturated rings. The third-order valence-electron chi connectivity index (χ3n) is 3.13. The molecule has 1 aromatic heterocycles. The first kappa shape index (κ1) is 18.5. The van der Waals surface area contributed by atoms with Crippen LogP contribution in [0.25, 0.3) is 5.69 Å². The van der Waals surface area contributed by atoms with Gasteiger partial charge in [-0.05, 0) is 18.9 Å². The number of nitro groups is 2. The van der Waals surface area contributed by atoms with Crippen molar-refractivity contribution in [1.29, 1.82) is 0 Å². The summed E-state index contributed by atoms with van der Waals surface area (Å²) in [6.45, 7) is 0.0621. The number of nitro benzene ring substituents is 2. The summed E-state index contributed by atoms with van der Waals surface area (Å²) in [5.41, 5.74) is 0.497. The van der Waals surface area contributed by atoms with E-state index in [0.29, 0.717) is 12.8 Å². The minimum atomic E-state index is -0.668. The van der Waals surface area contributed by atoms with Crippen molar-refractivity contribution in [3.8, 4) is 5.69 Å². The van der Waals surface area contributed by atoms with Crippen molar-refractivity contribution in [3.63, 3.8) is 0 Å². The number of aliphatic hydroxyl groups excluding tert-OH is 1. The van der Waals surface area contributed by atoms with E-state index < -0.39 is 9.85 Å². The van der Waals surface area contributed by atoms with E-state index in [1.54, 1.807) is 23.0 Å². The van der Waals surface area contributed by atoms with Gasteiger partial charge in [0.1, 0.15) is 6.07 Å². The van der Waals surface area contributed by atoms with Gasteiger partial charge >= 0.3 is 5.69 Å². The average Bonchev–Trinajstić information content (AvgIpc) is 2.52. The molecular formula is C14H14ClN3O5. The number of hydrogen-bond donors (Lipinski definition) is 1. The molecule has 0 radical (unpaired) electrons. The van der Waals surface area contributed by atoms with E-state index in [9.17, 15) is 20.2 Å². The maximum atomic E-state index is 11.2. The molecule has 23 heavy (non-hydrogen) atoms. The Balaban J connectivity index is 0.00000264. The highest BCUT2D eigenvalue weighted by Crippen LogP contribution is 2.24. The van der Waals surface area contributed by atoms with E-state index in [0.717, 1.165) is 11.6 Å². The largest absolute Gasteiger partial charge is 1.00 e.